The lowest BCUT2D eigenvalue weighted by Gasteiger charge is -2.10. The van der Waals surface area contributed by atoms with Gasteiger partial charge in [-0.3, -0.25) is 4.79 Å². The maximum absolute atomic E-state index is 12.2. The van der Waals surface area contributed by atoms with Gasteiger partial charge in [0.25, 0.3) is 0 Å². The van der Waals surface area contributed by atoms with Gasteiger partial charge in [0, 0.05) is 17.3 Å². The molecule has 0 bridgehead atoms. The molecule has 0 radical (unpaired) electrons. The average Bonchev–Trinajstić information content (AvgIpc) is 2.74. The summed E-state index contributed by atoms with van der Waals surface area (Å²) in [6.07, 6.45) is 0. The number of nitrogens with one attached hydrogen (secondary N) is 1. The molecule has 29 heavy (non-hydrogen) atoms. The first-order valence-electron chi connectivity index (χ1n) is 9.06. The third-order valence-corrected chi connectivity index (χ3v) is 5.25. The number of aromatic nitrogens is 2. The number of hydrogen-bond acceptors (Lipinski definition) is 6. The number of hydrogen-bond donors (Lipinski definition) is 1. The van der Waals surface area contributed by atoms with Gasteiger partial charge < -0.3 is 14.8 Å². The SMILES string of the molecule is COc1ccc(-c2ccc(SCC(=O)Nc3ccc(C)cc3C)nn2)c(OC)c1. The van der Waals surface area contributed by atoms with Gasteiger partial charge in [-0.1, -0.05) is 29.5 Å². The van der Waals surface area contributed by atoms with Crippen LogP contribution >= 0.6 is 11.8 Å². The van der Waals surface area contributed by atoms with Gasteiger partial charge >= 0.3 is 0 Å². The summed E-state index contributed by atoms with van der Waals surface area (Å²) < 4.78 is 10.6. The third-order valence-electron chi connectivity index (χ3n) is 4.33. The number of rotatable bonds is 7. The van der Waals surface area contributed by atoms with E-state index in [0.717, 1.165) is 16.8 Å². The highest BCUT2D eigenvalue weighted by Gasteiger charge is 2.11. The monoisotopic (exact) mass is 409 g/mol. The topological polar surface area (TPSA) is 73.3 Å². The zero-order valence-corrected chi connectivity index (χ0v) is 17.7. The van der Waals surface area contributed by atoms with Gasteiger partial charge in [0.2, 0.25) is 5.91 Å². The van der Waals surface area contributed by atoms with Gasteiger partial charge in [0.15, 0.2) is 0 Å². The first-order chi connectivity index (χ1) is 14.0. The van der Waals surface area contributed by atoms with Crippen molar-refractivity contribution in [1.29, 1.82) is 0 Å². The zero-order chi connectivity index (χ0) is 20.8. The second-order valence-corrected chi connectivity index (χ2v) is 7.47. The van der Waals surface area contributed by atoms with E-state index in [9.17, 15) is 4.79 Å². The summed E-state index contributed by atoms with van der Waals surface area (Å²) in [6, 6.07) is 15.2. The Morgan fingerprint density at radius 1 is 1.00 bits per heavy atom. The number of methoxy groups -OCH3 is 2. The van der Waals surface area contributed by atoms with Crippen LogP contribution in [0.25, 0.3) is 11.3 Å². The van der Waals surface area contributed by atoms with E-state index in [1.54, 1.807) is 20.3 Å². The van der Waals surface area contributed by atoms with Crippen molar-refractivity contribution >= 4 is 23.4 Å². The molecule has 0 saturated heterocycles. The first kappa shape index (κ1) is 20.7. The highest BCUT2D eigenvalue weighted by molar-refractivity contribution is 7.99. The predicted molar refractivity (Wildman–Crippen MR) is 116 cm³/mol. The van der Waals surface area contributed by atoms with Gasteiger partial charge in [-0.15, -0.1) is 10.2 Å². The van der Waals surface area contributed by atoms with Crippen molar-refractivity contribution in [3.05, 3.63) is 59.7 Å². The Hall–Kier alpha value is -3.06. The summed E-state index contributed by atoms with van der Waals surface area (Å²) in [4.78, 5) is 12.2. The highest BCUT2D eigenvalue weighted by atomic mass is 32.2. The van der Waals surface area contributed by atoms with E-state index in [2.05, 4.69) is 15.5 Å². The van der Waals surface area contributed by atoms with E-state index in [0.29, 0.717) is 22.2 Å². The van der Waals surface area contributed by atoms with Gasteiger partial charge in [0.1, 0.15) is 16.5 Å². The minimum atomic E-state index is -0.0790. The van der Waals surface area contributed by atoms with E-state index in [-0.39, 0.29) is 11.7 Å². The molecule has 0 unspecified atom stereocenters. The Kier molecular flexibility index (Phi) is 6.72. The Morgan fingerprint density at radius 2 is 1.83 bits per heavy atom. The van der Waals surface area contributed by atoms with Crippen molar-refractivity contribution in [3.8, 4) is 22.8 Å². The van der Waals surface area contributed by atoms with Crippen molar-refractivity contribution in [1.82, 2.24) is 10.2 Å². The maximum Gasteiger partial charge on any atom is 0.234 e. The van der Waals surface area contributed by atoms with Crippen molar-refractivity contribution in [2.24, 2.45) is 0 Å². The molecule has 150 valence electrons. The molecule has 0 spiro atoms. The predicted octanol–water partition coefficient (Wildman–Crippen LogP) is 4.51. The van der Waals surface area contributed by atoms with E-state index in [1.165, 1.54) is 17.3 Å². The van der Waals surface area contributed by atoms with Crippen LogP contribution in [-0.2, 0) is 4.79 Å². The van der Waals surface area contributed by atoms with Crippen LogP contribution in [0.15, 0.2) is 53.6 Å². The van der Waals surface area contributed by atoms with E-state index in [1.807, 2.05) is 56.3 Å². The fourth-order valence-electron chi connectivity index (χ4n) is 2.83. The van der Waals surface area contributed by atoms with Crippen LogP contribution in [0.2, 0.25) is 0 Å². The van der Waals surface area contributed by atoms with Crippen LogP contribution in [0.1, 0.15) is 11.1 Å². The highest BCUT2D eigenvalue weighted by Crippen LogP contribution is 2.32. The van der Waals surface area contributed by atoms with Gasteiger partial charge in [-0.25, -0.2) is 0 Å². The number of aryl methyl sites for hydroxylation is 2. The fraction of sp³-hybridized carbons (Fsp3) is 0.227. The van der Waals surface area contributed by atoms with Crippen LogP contribution in [-0.4, -0.2) is 36.1 Å². The molecule has 7 heteroatoms. The number of benzene rings is 2. The van der Waals surface area contributed by atoms with Crippen molar-refractivity contribution < 1.29 is 14.3 Å². The molecule has 1 N–H and O–H groups in total. The van der Waals surface area contributed by atoms with Gasteiger partial charge in [0.05, 0.1) is 25.7 Å². The standard InChI is InChI=1S/C22H23N3O3S/c1-14-5-8-18(15(2)11-14)23-21(26)13-29-22-10-9-19(24-25-22)17-7-6-16(27-3)12-20(17)28-4/h5-12H,13H2,1-4H3,(H,23,26). The van der Waals surface area contributed by atoms with Crippen LogP contribution < -0.4 is 14.8 Å². The number of amides is 1. The molecule has 1 amide bonds. The van der Waals surface area contributed by atoms with Gasteiger partial charge in [-0.05, 0) is 49.7 Å². The van der Waals surface area contributed by atoms with E-state index < -0.39 is 0 Å². The van der Waals surface area contributed by atoms with Gasteiger partial charge in [-0.2, -0.15) is 0 Å². The summed E-state index contributed by atoms with van der Waals surface area (Å²) in [6.45, 7) is 4.01. The molecule has 3 aromatic rings. The summed E-state index contributed by atoms with van der Waals surface area (Å²) >= 11 is 1.34. The summed E-state index contributed by atoms with van der Waals surface area (Å²) in [5.41, 5.74) is 4.55. The summed E-state index contributed by atoms with van der Waals surface area (Å²) in [7, 11) is 3.21. The molecule has 0 aliphatic heterocycles. The molecule has 3 rings (SSSR count). The normalized spacial score (nSPS) is 10.5. The molecule has 6 nitrogen and oxygen atoms in total. The summed E-state index contributed by atoms with van der Waals surface area (Å²) in [5.74, 6) is 1.55. The molecule has 0 atom stereocenters. The molecule has 0 fully saturated rings. The van der Waals surface area contributed by atoms with Crippen molar-refractivity contribution in [2.45, 2.75) is 18.9 Å². The largest absolute Gasteiger partial charge is 0.497 e. The van der Waals surface area contributed by atoms with E-state index in [4.69, 9.17) is 9.47 Å². The first-order valence-corrected chi connectivity index (χ1v) is 10.0. The number of nitrogens with zero attached hydrogens (tertiary/aromatic N) is 2. The maximum atomic E-state index is 12.2. The lowest BCUT2D eigenvalue weighted by molar-refractivity contribution is -0.113. The molecule has 0 aliphatic rings. The molecule has 1 heterocycles. The molecule has 2 aromatic carbocycles. The molecule has 0 saturated carbocycles. The third kappa shape index (κ3) is 5.26. The Balaban J connectivity index is 1.63. The Morgan fingerprint density at radius 3 is 2.48 bits per heavy atom. The molecular weight excluding hydrogens is 386 g/mol. The average molecular weight is 410 g/mol. The number of thioether (sulfide) groups is 1. The number of carbonyl (C=O) groups excluding carboxylic acids is 1. The number of carbonyl (C=O) groups is 1. The van der Waals surface area contributed by atoms with Crippen LogP contribution in [0.3, 0.4) is 0 Å². The lowest BCUT2D eigenvalue weighted by atomic mass is 10.1. The van der Waals surface area contributed by atoms with Crippen molar-refractivity contribution in [3.63, 3.8) is 0 Å². The van der Waals surface area contributed by atoms with E-state index >= 15 is 0 Å². The number of ether oxygens (including phenoxy) is 2. The minimum Gasteiger partial charge on any atom is -0.497 e. The zero-order valence-electron chi connectivity index (χ0n) is 16.9. The molecule has 0 aliphatic carbocycles. The second kappa shape index (κ2) is 9.43. The Bertz CT molecular complexity index is 1010. The Labute approximate surface area is 174 Å². The molecular formula is C22H23N3O3S. The minimum absolute atomic E-state index is 0.0790. The smallest absolute Gasteiger partial charge is 0.234 e. The van der Waals surface area contributed by atoms with Crippen LogP contribution in [0.5, 0.6) is 11.5 Å². The van der Waals surface area contributed by atoms with Crippen LogP contribution in [0.4, 0.5) is 5.69 Å². The van der Waals surface area contributed by atoms with Crippen molar-refractivity contribution in [2.75, 3.05) is 25.3 Å². The summed E-state index contributed by atoms with van der Waals surface area (Å²) in [5, 5.41) is 12.1. The fourth-order valence-corrected chi connectivity index (χ4v) is 3.44. The van der Waals surface area contributed by atoms with Crippen LogP contribution in [0, 0.1) is 13.8 Å². The second-order valence-electron chi connectivity index (χ2n) is 6.48. The number of anilines is 1. The lowest BCUT2D eigenvalue weighted by Crippen LogP contribution is -2.15. The molecule has 1 aromatic heterocycles. The quantitative estimate of drug-likeness (QED) is 0.579.